The first-order chi connectivity index (χ1) is 9.36. The van der Waals surface area contributed by atoms with Gasteiger partial charge in [-0.25, -0.2) is 0 Å². The maximum atomic E-state index is 6.02. The van der Waals surface area contributed by atoms with Crippen LogP contribution in [-0.2, 0) is 15.9 Å². The third kappa shape index (κ3) is 3.78. The van der Waals surface area contributed by atoms with Crippen molar-refractivity contribution < 1.29 is 9.47 Å². The first kappa shape index (κ1) is 14.5. The highest BCUT2D eigenvalue weighted by atomic mass is 16.5. The van der Waals surface area contributed by atoms with E-state index in [9.17, 15) is 0 Å². The van der Waals surface area contributed by atoms with Gasteiger partial charge in [0, 0.05) is 6.61 Å². The minimum atomic E-state index is 0.114. The van der Waals surface area contributed by atoms with Crippen LogP contribution in [0.15, 0.2) is 24.3 Å². The molecule has 0 spiro atoms. The van der Waals surface area contributed by atoms with Crippen molar-refractivity contribution in [1.82, 2.24) is 5.32 Å². The monoisotopic (exact) mass is 263 g/mol. The van der Waals surface area contributed by atoms with E-state index in [-0.39, 0.29) is 12.1 Å². The summed E-state index contributed by atoms with van der Waals surface area (Å²) in [7, 11) is 0. The summed E-state index contributed by atoms with van der Waals surface area (Å²) < 4.78 is 11.6. The zero-order valence-corrected chi connectivity index (χ0v) is 12.0. The molecule has 0 aromatic heterocycles. The second-order valence-corrected chi connectivity index (χ2v) is 4.96. The van der Waals surface area contributed by atoms with Gasteiger partial charge in [-0.2, -0.15) is 0 Å². The summed E-state index contributed by atoms with van der Waals surface area (Å²) >= 11 is 0. The first-order valence-electron chi connectivity index (χ1n) is 7.37. The fourth-order valence-corrected chi connectivity index (χ4v) is 2.59. The fraction of sp³-hybridized carbons (Fsp3) is 0.625. The van der Waals surface area contributed by atoms with Crippen molar-refractivity contribution in [3.05, 3.63) is 35.4 Å². The van der Waals surface area contributed by atoms with E-state index in [1.165, 1.54) is 11.1 Å². The van der Waals surface area contributed by atoms with Crippen molar-refractivity contribution in [2.45, 2.75) is 38.8 Å². The molecule has 1 aliphatic rings. The molecule has 1 aliphatic heterocycles. The minimum absolute atomic E-state index is 0.114. The quantitative estimate of drug-likeness (QED) is 0.820. The Morgan fingerprint density at radius 2 is 2.21 bits per heavy atom. The van der Waals surface area contributed by atoms with Gasteiger partial charge < -0.3 is 14.8 Å². The Labute approximate surface area is 116 Å². The van der Waals surface area contributed by atoms with E-state index in [0.717, 1.165) is 32.6 Å². The molecule has 0 amide bonds. The fourth-order valence-electron chi connectivity index (χ4n) is 2.59. The van der Waals surface area contributed by atoms with Gasteiger partial charge in [0.1, 0.15) is 6.10 Å². The molecular weight excluding hydrogens is 238 g/mol. The molecule has 19 heavy (non-hydrogen) atoms. The zero-order chi connectivity index (χ0) is 13.5. The van der Waals surface area contributed by atoms with E-state index >= 15 is 0 Å². The van der Waals surface area contributed by atoms with Crippen molar-refractivity contribution in [3.63, 3.8) is 0 Å². The number of hydrogen-bond acceptors (Lipinski definition) is 3. The number of benzene rings is 1. The summed E-state index contributed by atoms with van der Waals surface area (Å²) in [5.74, 6) is 0. The van der Waals surface area contributed by atoms with Crippen molar-refractivity contribution in [1.29, 1.82) is 0 Å². The number of ether oxygens (including phenoxy) is 2. The number of fused-ring (bicyclic) bond motifs is 1. The van der Waals surface area contributed by atoms with Gasteiger partial charge in [0.05, 0.1) is 19.3 Å². The van der Waals surface area contributed by atoms with Crippen LogP contribution in [0.25, 0.3) is 0 Å². The normalized spacial score (nSPS) is 20.0. The van der Waals surface area contributed by atoms with Crippen LogP contribution in [0.1, 0.15) is 37.5 Å². The van der Waals surface area contributed by atoms with Crippen LogP contribution >= 0.6 is 0 Å². The molecule has 0 radical (unpaired) electrons. The molecule has 0 saturated heterocycles. The van der Waals surface area contributed by atoms with E-state index in [4.69, 9.17) is 9.47 Å². The van der Waals surface area contributed by atoms with Crippen molar-refractivity contribution in [2.24, 2.45) is 0 Å². The molecule has 1 aromatic rings. The van der Waals surface area contributed by atoms with Gasteiger partial charge in [0.15, 0.2) is 0 Å². The molecule has 106 valence electrons. The van der Waals surface area contributed by atoms with Crippen LogP contribution < -0.4 is 5.32 Å². The summed E-state index contributed by atoms with van der Waals surface area (Å²) in [6.07, 6.45) is 2.25. The third-order valence-corrected chi connectivity index (χ3v) is 3.55. The van der Waals surface area contributed by atoms with E-state index in [1.807, 2.05) is 6.92 Å². The standard InChI is InChI=1S/C16H25NO2/c1-3-10-17-15(12-18-4-2)16-14-8-6-5-7-13(14)9-11-19-16/h5-8,15-17H,3-4,9-12H2,1-2H3. The Morgan fingerprint density at radius 3 is 3.00 bits per heavy atom. The molecule has 2 rings (SSSR count). The lowest BCUT2D eigenvalue weighted by molar-refractivity contribution is -0.0120. The number of hydrogen-bond donors (Lipinski definition) is 1. The molecule has 1 N–H and O–H groups in total. The molecule has 2 unspecified atom stereocenters. The summed E-state index contributed by atoms with van der Waals surface area (Å²) in [5, 5.41) is 3.56. The molecular formula is C16H25NO2. The van der Waals surface area contributed by atoms with Crippen LogP contribution in [0.5, 0.6) is 0 Å². The van der Waals surface area contributed by atoms with Crippen LogP contribution in [0.3, 0.4) is 0 Å². The topological polar surface area (TPSA) is 30.5 Å². The molecule has 0 aliphatic carbocycles. The van der Waals surface area contributed by atoms with Crippen LogP contribution in [0.4, 0.5) is 0 Å². The number of nitrogens with one attached hydrogen (secondary N) is 1. The van der Waals surface area contributed by atoms with E-state index < -0.39 is 0 Å². The highest BCUT2D eigenvalue weighted by Crippen LogP contribution is 2.29. The average Bonchev–Trinajstić information content (AvgIpc) is 2.47. The SMILES string of the molecule is CCCNC(COCC)C1OCCc2ccccc21. The highest BCUT2D eigenvalue weighted by molar-refractivity contribution is 5.32. The maximum absolute atomic E-state index is 6.02. The van der Waals surface area contributed by atoms with Crippen molar-refractivity contribution >= 4 is 0 Å². The highest BCUT2D eigenvalue weighted by Gasteiger charge is 2.28. The molecule has 0 fully saturated rings. The predicted molar refractivity (Wildman–Crippen MR) is 77.4 cm³/mol. The first-order valence-corrected chi connectivity index (χ1v) is 7.37. The Kier molecular flexibility index (Phi) is 5.83. The molecule has 0 saturated carbocycles. The second kappa shape index (κ2) is 7.63. The van der Waals surface area contributed by atoms with Gasteiger partial charge in [0.2, 0.25) is 0 Å². The summed E-state index contributed by atoms with van der Waals surface area (Å²) in [6, 6.07) is 8.84. The summed E-state index contributed by atoms with van der Waals surface area (Å²) in [4.78, 5) is 0. The second-order valence-electron chi connectivity index (χ2n) is 4.96. The molecule has 1 aromatic carbocycles. The van der Waals surface area contributed by atoms with Gasteiger partial charge in [0.25, 0.3) is 0 Å². The number of rotatable bonds is 7. The van der Waals surface area contributed by atoms with E-state index in [1.54, 1.807) is 0 Å². The Morgan fingerprint density at radius 1 is 1.37 bits per heavy atom. The van der Waals surface area contributed by atoms with Crippen LogP contribution in [0.2, 0.25) is 0 Å². The smallest absolute Gasteiger partial charge is 0.100 e. The molecule has 2 atom stereocenters. The Bertz CT molecular complexity index is 373. The molecule has 0 bridgehead atoms. The van der Waals surface area contributed by atoms with Crippen LogP contribution in [0, 0.1) is 0 Å². The van der Waals surface area contributed by atoms with Gasteiger partial charge in [-0.3, -0.25) is 0 Å². The average molecular weight is 263 g/mol. The predicted octanol–water partition coefficient (Wildman–Crippen LogP) is 2.71. The van der Waals surface area contributed by atoms with Crippen molar-refractivity contribution in [2.75, 3.05) is 26.4 Å². The lowest BCUT2D eigenvalue weighted by atomic mass is 9.93. The van der Waals surface area contributed by atoms with Gasteiger partial charge >= 0.3 is 0 Å². The summed E-state index contributed by atoms with van der Waals surface area (Å²) in [6.45, 7) is 7.47. The van der Waals surface area contributed by atoms with E-state index in [2.05, 4.69) is 36.5 Å². The van der Waals surface area contributed by atoms with Gasteiger partial charge in [-0.15, -0.1) is 0 Å². The maximum Gasteiger partial charge on any atom is 0.100 e. The molecule has 3 nitrogen and oxygen atoms in total. The molecule has 1 heterocycles. The molecule has 3 heteroatoms. The lowest BCUT2D eigenvalue weighted by Crippen LogP contribution is -2.42. The largest absolute Gasteiger partial charge is 0.380 e. The van der Waals surface area contributed by atoms with Gasteiger partial charge in [-0.05, 0) is 37.4 Å². The lowest BCUT2D eigenvalue weighted by Gasteiger charge is -2.33. The zero-order valence-electron chi connectivity index (χ0n) is 12.0. The Balaban J connectivity index is 2.12. The van der Waals surface area contributed by atoms with Gasteiger partial charge in [-0.1, -0.05) is 31.2 Å². The third-order valence-electron chi connectivity index (χ3n) is 3.55. The summed E-state index contributed by atoms with van der Waals surface area (Å²) in [5.41, 5.74) is 2.74. The van der Waals surface area contributed by atoms with Crippen molar-refractivity contribution in [3.8, 4) is 0 Å². The van der Waals surface area contributed by atoms with Crippen LogP contribution in [-0.4, -0.2) is 32.4 Å². The van der Waals surface area contributed by atoms with E-state index in [0.29, 0.717) is 6.61 Å². The Hall–Kier alpha value is -0.900. The minimum Gasteiger partial charge on any atom is -0.380 e.